The molecule has 0 saturated carbocycles. The van der Waals surface area contributed by atoms with Gasteiger partial charge in [0.2, 0.25) is 0 Å². The molecule has 5 nitrogen and oxygen atoms in total. The van der Waals surface area contributed by atoms with Crippen molar-refractivity contribution in [2.75, 3.05) is 10.8 Å². The normalized spacial score (nSPS) is 16.2. The van der Waals surface area contributed by atoms with Gasteiger partial charge in [0.15, 0.2) is 0 Å². The summed E-state index contributed by atoms with van der Waals surface area (Å²) < 4.78 is 41.4. The van der Waals surface area contributed by atoms with E-state index in [2.05, 4.69) is 0 Å². The summed E-state index contributed by atoms with van der Waals surface area (Å²) in [6, 6.07) is 19.4. The van der Waals surface area contributed by atoms with Gasteiger partial charge in [-0.05, 0) is 53.4 Å². The van der Waals surface area contributed by atoms with Gasteiger partial charge in [0.1, 0.15) is 5.82 Å². The van der Waals surface area contributed by atoms with E-state index in [1.807, 2.05) is 24.3 Å². The van der Waals surface area contributed by atoms with Crippen molar-refractivity contribution >= 4 is 21.7 Å². The zero-order valence-corrected chi connectivity index (χ0v) is 16.8. The van der Waals surface area contributed by atoms with Crippen LogP contribution in [0.15, 0.2) is 77.7 Å². The van der Waals surface area contributed by atoms with E-state index in [9.17, 15) is 17.6 Å². The van der Waals surface area contributed by atoms with E-state index in [1.165, 1.54) is 16.4 Å². The number of anilines is 1. The van der Waals surface area contributed by atoms with E-state index in [-0.39, 0.29) is 23.8 Å². The maximum absolute atomic E-state index is 13.4. The number of hydrogen-bond acceptors (Lipinski definition) is 3. The highest BCUT2D eigenvalue weighted by atomic mass is 32.2. The van der Waals surface area contributed by atoms with Crippen LogP contribution in [0, 0.1) is 5.82 Å². The lowest BCUT2D eigenvalue weighted by molar-refractivity contribution is -0.136. The lowest BCUT2D eigenvalue weighted by Crippen LogP contribution is -2.39. The topological polar surface area (TPSA) is 74.7 Å². The van der Waals surface area contributed by atoms with Crippen LogP contribution in [-0.2, 0) is 27.7 Å². The van der Waals surface area contributed by atoms with Crippen LogP contribution < -0.4 is 4.31 Å². The van der Waals surface area contributed by atoms with Gasteiger partial charge in [0, 0.05) is 12.5 Å². The van der Waals surface area contributed by atoms with Crippen LogP contribution in [0.5, 0.6) is 0 Å². The molecule has 30 heavy (non-hydrogen) atoms. The summed E-state index contributed by atoms with van der Waals surface area (Å²) in [4.78, 5) is 11.1. The number of hydrogen-bond donors (Lipinski definition) is 1. The van der Waals surface area contributed by atoms with Gasteiger partial charge in [-0.25, -0.2) is 12.8 Å². The second kappa shape index (κ2) is 7.91. The summed E-state index contributed by atoms with van der Waals surface area (Å²) in [6.45, 7) is 0.216. The van der Waals surface area contributed by atoms with Gasteiger partial charge in [-0.1, -0.05) is 42.5 Å². The highest BCUT2D eigenvalue weighted by Gasteiger charge is 2.33. The van der Waals surface area contributed by atoms with Gasteiger partial charge >= 0.3 is 5.97 Å². The van der Waals surface area contributed by atoms with E-state index in [1.54, 1.807) is 24.3 Å². The maximum atomic E-state index is 13.4. The largest absolute Gasteiger partial charge is 0.481 e. The van der Waals surface area contributed by atoms with Crippen molar-refractivity contribution in [2.45, 2.75) is 23.7 Å². The van der Waals surface area contributed by atoms with Gasteiger partial charge < -0.3 is 5.11 Å². The van der Waals surface area contributed by atoms with Crippen LogP contribution in [0.25, 0.3) is 0 Å². The molecule has 0 amide bonds. The minimum absolute atomic E-state index is 0.0268. The highest BCUT2D eigenvalue weighted by Crippen LogP contribution is 2.38. The first-order valence-corrected chi connectivity index (χ1v) is 11.0. The molecule has 3 aromatic rings. The van der Waals surface area contributed by atoms with Gasteiger partial charge in [-0.2, -0.15) is 0 Å². The fraction of sp³-hybridized carbons (Fsp3) is 0.174. The van der Waals surface area contributed by atoms with Crippen molar-refractivity contribution in [1.29, 1.82) is 0 Å². The summed E-state index contributed by atoms with van der Waals surface area (Å²) in [5, 5.41) is 9.08. The molecule has 0 saturated heterocycles. The molecule has 4 rings (SSSR count). The zero-order valence-electron chi connectivity index (χ0n) is 16.0. The maximum Gasteiger partial charge on any atom is 0.307 e. The molecular weight excluding hydrogens is 405 g/mol. The van der Waals surface area contributed by atoms with Crippen molar-refractivity contribution in [2.24, 2.45) is 0 Å². The Hall–Kier alpha value is -3.19. The average molecular weight is 425 g/mol. The number of carboxylic acids is 1. The predicted octanol–water partition coefficient (Wildman–Crippen LogP) is 3.99. The SMILES string of the molecule is O=C(O)Cc1cccc(C2Cc3ccccc3N(S(=O)(=O)c3ccc(F)cc3)C2)c1. The standard InChI is InChI=1S/C23H20FNO4S/c24-20-8-10-21(11-9-20)30(28,29)25-15-19(14-18-5-1-2-7-22(18)25)17-6-3-4-16(12-17)13-23(26)27/h1-12,19H,13-15H2,(H,26,27). The molecule has 0 spiro atoms. The van der Waals surface area contributed by atoms with E-state index in [0.29, 0.717) is 17.7 Å². The number of benzene rings is 3. The summed E-state index contributed by atoms with van der Waals surface area (Å²) in [7, 11) is -3.89. The van der Waals surface area contributed by atoms with Crippen LogP contribution in [0.4, 0.5) is 10.1 Å². The number of para-hydroxylation sites is 1. The molecule has 0 radical (unpaired) electrons. The van der Waals surface area contributed by atoms with Crippen molar-refractivity contribution < 1.29 is 22.7 Å². The summed E-state index contributed by atoms with van der Waals surface area (Å²) in [5.74, 6) is -1.55. The quantitative estimate of drug-likeness (QED) is 0.671. The Balaban J connectivity index is 1.75. The number of sulfonamides is 1. The fourth-order valence-corrected chi connectivity index (χ4v) is 5.42. The first-order chi connectivity index (χ1) is 14.3. The molecule has 0 fully saturated rings. The van der Waals surface area contributed by atoms with Crippen molar-refractivity contribution in [3.63, 3.8) is 0 Å². The summed E-state index contributed by atoms with van der Waals surface area (Å²) in [6.07, 6.45) is 0.552. The predicted molar refractivity (Wildman–Crippen MR) is 112 cm³/mol. The lowest BCUT2D eigenvalue weighted by Gasteiger charge is -2.35. The number of nitrogens with zero attached hydrogens (tertiary/aromatic N) is 1. The molecule has 3 aromatic carbocycles. The third-order valence-corrected chi connectivity index (χ3v) is 7.09. The van der Waals surface area contributed by atoms with Gasteiger partial charge in [0.25, 0.3) is 10.0 Å². The minimum atomic E-state index is -3.89. The van der Waals surface area contributed by atoms with Crippen molar-refractivity contribution in [1.82, 2.24) is 0 Å². The second-order valence-corrected chi connectivity index (χ2v) is 9.20. The average Bonchev–Trinajstić information content (AvgIpc) is 2.73. The third-order valence-electron chi connectivity index (χ3n) is 5.29. The fourth-order valence-electron chi connectivity index (χ4n) is 3.87. The van der Waals surface area contributed by atoms with Crippen molar-refractivity contribution in [3.8, 4) is 0 Å². The number of carboxylic acid groups (broad SMARTS) is 1. The highest BCUT2D eigenvalue weighted by molar-refractivity contribution is 7.92. The molecule has 1 N–H and O–H groups in total. The number of fused-ring (bicyclic) bond motifs is 1. The van der Waals surface area contributed by atoms with Crippen LogP contribution in [0.2, 0.25) is 0 Å². The number of carbonyl (C=O) groups is 1. The molecular formula is C23H20FNO4S. The molecule has 0 aliphatic carbocycles. The monoisotopic (exact) mass is 425 g/mol. The van der Waals surface area contributed by atoms with E-state index in [4.69, 9.17) is 5.11 Å². The molecule has 1 aliphatic heterocycles. The Morgan fingerprint density at radius 3 is 2.50 bits per heavy atom. The Labute approximate surface area is 174 Å². The Morgan fingerprint density at radius 1 is 1.03 bits per heavy atom. The Kier molecular flexibility index (Phi) is 5.30. The number of rotatable bonds is 5. The van der Waals surface area contributed by atoms with Crippen LogP contribution in [-0.4, -0.2) is 26.0 Å². The number of halogens is 1. The molecule has 7 heteroatoms. The minimum Gasteiger partial charge on any atom is -0.481 e. The Bertz CT molecular complexity index is 1190. The lowest BCUT2D eigenvalue weighted by atomic mass is 9.87. The molecule has 1 unspecified atom stereocenters. The van der Waals surface area contributed by atoms with E-state index >= 15 is 0 Å². The number of aliphatic carboxylic acids is 1. The Morgan fingerprint density at radius 2 is 1.77 bits per heavy atom. The van der Waals surface area contributed by atoms with Gasteiger partial charge in [-0.3, -0.25) is 9.10 Å². The first-order valence-electron chi connectivity index (χ1n) is 9.51. The van der Waals surface area contributed by atoms with E-state index < -0.39 is 21.8 Å². The van der Waals surface area contributed by atoms with Crippen molar-refractivity contribution in [3.05, 3.63) is 95.3 Å². The molecule has 0 bridgehead atoms. The molecule has 1 aliphatic rings. The third kappa shape index (κ3) is 3.93. The zero-order chi connectivity index (χ0) is 21.3. The second-order valence-electron chi connectivity index (χ2n) is 7.34. The summed E-state index contributed by atoms with van der Waals surface area (Å²) in [5.41, 5.74) is 3.07. The van der Waals surface area contributed by atoms with E-state index in [0.717, 1.165) is 23.3 Å². The van der Waals surface area contributed by atoms with Crippen LogP contribution in [0.3, 0.4) is 0 Å². The van der Waals surface area contributed by atoms with Crippen LogP contribution in [0.1, 0.15) is 22.6 Å². The van der Waals surface area contributed by atoms with Gasteiger partial charge in [-0.15, -0.1) is 0 Å². The van der Waals surface area contributed by atoms with Gasteiger partial charge in [0.05, 0.1) is 17.0 Å². The summed E-state index contributed by atoms with van der Waals surface area (Å²) >= 11 is 0. The molecule has 0 aromatic heterocycles. The van der Waals surface area contributed by atoms with Crippen LogP contribution >= 0.6 is 0 Å². The molecule has 154 valence electrons. The smallest absolute Gasteiger partial charge is 0.307 e. The first kappa shape index (κ1) is 20.1. The molecule has 1 atom stereocenters. The molecule has 1 heterocycles.